The second-order valence-electron chi connectivity index (χ2n) is 6.26. The van der Waals surface area contributed by atoms with Crippen LogP contribution in [-0.4, -0.2) is 35.0 Å². The van der Waals surface area contributed by atoms with Crippen LogP contribution in [0.1, 0.15) is 59.3 Å². The normalized spacial score (nSPS) is 12.0. The van der Waals surface area contributed by atoms with Crippen LogP contribution < -0.4 is 3.71 Å². The van der Waals surface area contributed by atoms with Gasteiger partial charge in [-0.15, -0.1) is 0 Å². The van der Waals surface area contributed by atoms with Gasteiger partial charge < -0.3 is 0 Å². The van der Waals surface area contributed by atoms with Crippen LogP contribution in [-0.2, 0) is 11.5 Å². The van der Waals surface area contributed by atoms with Crippen molar-refractivity contribution in [3.05, 3.63) is 12.5 Å². The molecule has 0 saturated carbocycles. The molecule has 0 fully saturated rings. The van der Waals surface area contributed by atoms with Gasteiger partial charge in [-0.25, -0.2) is 0 Å². The van der Waals surface area contributed by atoms with Gasteiger partial charge in [-0.05, 0) is 0 Å². The molecule has 21 heavy (non-hydrogen) atoms. The van der Waals surface area contributed by atoms with Crippen LogP contribution in [0.25, 0.3) is 0 Å². The number of imidazole rings is 1. The molecule has 0 bridgehead atoms. The van der Waals surface area contributed by atoms with Crippen molar-refractivity contribution in [3.63, 3.8) is 0 Å². The summed E-state index contributed by atoms with van der Waals surface area (Å²) in [6.07, 6.45) is 12.3. The Morgan fingerprint density at radius 3 is 1.95 bits per heavy atom. The zero-order valence-electron chi connectivity index (χ0n) is 14.5. The van der Waals surface area contributed by atoms with Gasteiger partial charge in [-0.3, -0.25) is 0 Å². The van der Waals surface area contributed by atoms with Gasteiger partial charge in [0.1, 0.15) is 0 Å². The molecule has 1 rings (SSSR count). The fourth-order valence-electron chi connectivity index (χ4n) is 3.31. The van der Waals surface area contributed by atoms with Gasteiger partial charge >= 0.3 is 135 Å². The SMILES string of the molecule is CCC[CH2][Sn]([CH2]CCC)([CH2]CCC)[c]1cncn1COC. The van der Waals surface area contributed by atoms with Gasteiger partial charge in [0.05, 0.1) is 0 Å². The summed E-state index contributed by atoms with van der Waals surface area (Å²) in [7, 11) is 1.78. The molecule has 0 aliphatic rings. The van der Waals surface area contributed by atoms with Gasteiger partial charge in [0.15, 0.2) is 0 Å². The number of methoxy groups -OCH3 is 1. The van der Waals surface area contributed by atoms with E-state index < -0.39 is 18.4 Å². The molecule has 0 spiro atoms. The molecular weight excluding hydrogens is 367 g/mol. The van der Waals surface area contributed by atoms with Crippen molar-refractivity contribution in [1.82, 2.24) is 9.55 Å². The average molecular weight is 401 g/mol. The third-order valence-electron chi connectivity index (χ3n) is 4.55. The molecule has 0 atom stereocenters. The van der Waals surface area contributed by atoms with E-state index in [9.17, 15) is 0 Å². The molecule has 0 unspecified atom stereocenters. The minimum absolute atomic E-state index is 0.665. The first kappa shape index (κ1) is 19.0. The summed E-state index contributed by atoms with van der Waals surface area (Å²) < 4.78 is 13.8. The van der Waals surface area contributed by atoms with Gasteiger partial charge in [-0.2, -0.15) is 0 Å². The molecule has 0 saturated heterocycles. The van der Waals surface area contributed by atoms with Gasteiger partial charge in [-0.1, -0.05) is 0 Å². The van der Waals surface area contributed by atoms with Crippen molar-refractivity contribution in [2.24, 2.45) is 0 Å². The summed E-state index contributed by atoms with van der Waals surface area (Å²) in [4.78, 5) is 4.47. The number of rotatable bonds is 12. The Kier molecular flexibility index (Phi) is 9.65. The second-order valence-corrected chi connectivity index (χ2v) is 19.3. The molecule has 0 radical (unpaired) electrons. The van der Waals surface area contributed by atoms with Crippen LogP contribution in [0.2, 0.25) is 13.3 Å². The Morgan fingerprint density at radius 2 is 1.52 bits per heavy atom. The predicted octanol–water partition coefficient (Wildman–Crippen LogP) is 4.54. The van der Waals surface area contributed by atoms with Crippen LogP contribution in [0.3, 0.4) is 0 Å². The number of ether oxygens (including phenoxy) is 1. The van der Waals surface area contributed by atoms with Crippen LogP contribution in [0.5, 0.6) is 0 Å². The molecule has 0 N–H and O–H groups in total. The summed E-state index contributed by atoms with van der Waals surface area (Å²) in [5.74, 6) is 0. The van der Waals surface area contributed by atoms with Crippen molar-refractivity contribution < 1.29 is 4.74 Å². The number of hydrogen-bond donors (Lipinski definition) is 0. The van der Waals surface area contributed by atoms with E-state index in [4.69, 9.17) is 4.74 Å². The quantitative estimate of drug-likeness (QED) is 0.481. The molecule has 0 aromatic carbocycles. The fourth-order valence-corrected chi connectivity index (χ4v) is 19.5. The number of hydrogen-bond acceptors (Lipinski definition) is 2. The van der Waals surface area contributed by atoms with Crippen molar-refractivity contribution in [3.8, 4) is 0 Å². The predicted molar refractivity (Wildman–Crippen MR) is 93.8 cm³/mol. The van der Waals surface area contributed by atoms with Crippen LogP contribution >= 0.6 is 0 Å². The maximum atomic E-state index is 5.39. The average Bonchev–Trinajstić information content (AvgIpc) is 2.96. The summed E-state index contributed by atoms with van der Waals surface area (Å²) in [5.41, 5.74) is 0. The van der Waals surface area contributed by atoms with Crippen molar-refractivity contribution in [1.29, 1.82) is 0 Å². The summed E-state index contributed by atoms with van der Waals surface area (Å²) in [5, 5.41) is 0. The Bertz CT molecular complexity index is 357. The third kappa shape index (κ3) is 5.59. The van der Waals surface area contributed by atoms with Crippen LogP contribution in [0, 0.1) is 0 Å². The molecular formula is C17H34N2OSn. The summed E-state index contributed by atoms with van der Waals surface area (Å²) in [6, 6.07) is 0. The Morgan fingerprint density at radius 1 is 1.00 bits per heavy atom. The van der Waals surface area contributed by atoms with Crippen molar-refractivity contribution in [2.45, 2.75) is 79.3 Å². The van der Waals surface area contributed by atoms with Crippen LogP contribution in [0.4, 0.5) is 0 Å². The molecule has 1 aromatic rings. The van der Waals surface area contributed by atoms with E-state index in [0.717, 1.165) is 0 Å². The first-order valence-electron chi connectivity index (χ1n) is 8.73. The first-order valence-corrected chi connectivity index (χ1v) is 16.2. The molecule has 1 aromatic heterocycles. The summed E-state index contributed by atoms with van der Waals surface area (Å²) >= 11 is -2.33. The van der Waals surface area contributed by atoms with E-state index in [2.05, 4.69) is 36.5 Å². The van der Waals surface area contributed by atoms with E-state index in [-0.39, 0.29) is 0 Å². The van der Waals surface area contributed by atoms with Crippen molar-refractivity contribution >= 4 is 22.1 Å². The minimum atomic E-state index is -2.33. The van der Waals surface area contributed by atoms with Gasteiger partial charge in [0.2, 0.25) is 0 Å². The summed E-state index contributed by atoms with van der Waals surface area (Å²) in [6.45, 7) is 7.63. The molecule has 3 nitrogen and oxygen atoms in total. The number of nitrogens with zero attached hydrogens (tertiary/aromatic N) is 2. The molecule has 0 aliphatic heterocycles. The molecule has 0 amide bonds. The third-order valence-corrected chi connectivity index (χ3v) is 20.1. The standard InChI is InChI=1S/C5H7N2O.3C4H9.Sn/c1-8-5-7-3-2-6-4-7;3*1-3-4-2;/h2,4H,5H2,1H3;3*1,3-4H2,2H3;. The van der Waals surface area contributed by atoms with E-state index in [0.29, 0.717) is 6.73 Å². The Labute approximate surface area is 135 Å². The Balaban J connectivity index is 3.06. The topological polar surface area (TPSA) is 27.1 Å². The van der Waals surface area contributed by atoms with E-state index in [1.54, 1.807) is 10.8 Å². The zero-order chi connectivity index (χ0) is 15.6. The number of aromatic nitrogens is 2. The van der Waals surface area contributed by atoms with Gasteiger partial charge in [0.25, 0.3) is 0 Å². The monoisotopic (exact) mass is 402 g/mol. The fraction of sp³-hybridized carbons (Fsp3) is 0.824. The molecule has 1 heterocycles. The van der Waals surface area contributed by atoms with E-state index >= 15 is 0 Å². The van der Waals surface area contributed by atoms with E-state index in [1.807, 2.05) is 6.33 Å². The maximum absolute atomic E-state index is 5.39. The zero-order valence-corrected chi connectivity index (χ0v) is 17.4. The molecule has 4 heteroatoms. The molecule has 0 aliphatic carbocycles. The first-order chi connectivity index (χ1) is 10.2. The van der Waals surface area contributed by atoms with Gasteiger partial charge in [0, 0.05) is 0 Å². The number of unbranched alkanes of at least 4 members (excludes halogenated alkanes) is 3. The van der Waals surface area contributed by atoms with Crippen molar-refractivity contribution in [2.75, 3.05) is 7.11 Å². The molecule has 122 valence electrons. The second kappa shape index (κ2) is 10.7. The van der Waals surface area contributed by atoms with E-state index in [1.165, 1.54) is 51.8 Å². The Hall–Kier alpha value is -0.0313. The van der Waals surface area contributed by atoms with Crippen LogP contribution in [0.15, 0.2) is 12.5 Å².